The quantitative estimate of drug-likeness (QED) is 0.704. The van der Waals surface area contributed by atoms with Crippen LogP contribution in [-0.2, 0) is 12.8 Å². The number of rotatable bonds is 4. The van der Waals surface area contributed by atoms with Crippen LogP contribution in [0.15, 0.2) is 30.3 Å². The maximum absolute atomic E-state index is 5.62. The predicted molar refractivity (Wildman–Crippen MR) is 112 cm³/mol. The van der Waals surface area contributed by atoms with Gasteiger partial charge in [-0.1, -0.05) is 19.1 Å². The van der Waals surface area contributed by atoms with E-state index < -0.39 is 0 Å². The largest absolute Gasteiger partial charge is 0.330 e. The molecule has 0 aliphatic carbocycles. The lowest BCUT2D eigenvalue weighted by molar-refractivity contribution is 0.905. The van der Waals surface area contributed by atoms with Crippen molar-refractivity contribution >= 4 is 48.3 Å². The molecular formula is C18H25Cl3N4. The van der Waals surface area contributed by atoms with E-state index in [0.717, 1.165) is 46.8 Å². The monoisotopic (exact) mass is 402 g/mol. The molecule has 0 saturated carbocycles. The van der Waals surface area contributed by atoms with Crippen LogP contribution in [0.3, 0.4) is 0 Å². The molecule has 0 aliphatic rings. The number of halogens is 3. The number of hydrogen-bond donors (Lipinski definition) is 1. The number of benzene rings is 1. The highest BCUT2D eigenvalue weighted by molar-refractivity contribution is 5.86. The topological polar surface area (TPSA) is 56.7 Å². The minimum absolute atomic E-state index is 0. The number of nitrogens with zero attached hydrogens (tertiary/aromatic N) is 3. The van der Waals surface area contributed by atoms with E-state index in [0.29, 0.717) is 6.54 Å². The molecule has 0 amide bonds. The number of fused-ring (bicyclic) bond motifs is 1. The Kier molecular flexibility index (Phi) is 9.44. The van der Waals surface area contributed by atoms with Crippen molar-refractivity contribution < 1.29 is 0 Å². The first-order chi connectivity index (χ1) is 10.6. The first kappa shape index (κ1) is 23.7. The summed E-state index contributed by atoms with van der Waals surface area (Å²) in [6.45, 7) is 6.87. The van der Waals surface area contributed by atoms with Gasteiger partial charge in [0.1, 0.15) is 11.3 Å². The molecule has 0 atom stereocenters. The lowest BCUT2D eigenvalue weighted by Gasteiger charge is -2.10. The van der Waals surface area contributed by atoms with Gasteiger partial charge < -0.3 is 5.73 Å². The highest BCUT2D eigenvalue weighted by Crippen LogP contribution is 2.24. The second-order valence-corrected chi connectivity index (χ2v) is 5.64. The average Bonchev–Trinajstić information content (AvgIpc) is 2.87. The SMILES string of the molecule is CCc1nc2c(C)nc(C)cc2n1-c1ccc(CCN)cc1.Cl.Cl.Cl. The molecule has 138 valence electrons. The number of aromatic nitrogens is 3. The van der Waals surface area contributed by atoms with E-state index in [4.69, 9.17) is 10.7 Å². The lowest BCUT2D eigenvalue weighted by Crippen LogP contribution is -2.04. The minimum Gasteiger partial charge on any atom is -0.330 e. The molecule has 3 rings (SSSR count). The number of hydrogen-bond acceptors (Lipinski definition) is 3. The maximum atomic E-state index is 5.62. The van der Waals surface area contributed by atoms with Gasteiger partial charge in [-0.15, -0.1) is 37.2 Å². The average molecular weight is 404 g/mol. The molecule has 0 fully saturated rings. The van der Waals surface area contributed by atoms with Crippen molar-refractivity contribution in [2.45, 2.75) is 33.6 Å². The fourth-order valence-corrected chi connectivity index (χ4v) is 2.93. The summed E-state index contributed by atoms with van der Waals surface area (Å²) in [5.41, 5.74) is 12.2. The Bertz CT molecular complexity index is 813. The molecule has 0 spiro atoms. The zero-order chi connectivity index (χ0) is 15.7. The normalized spacial score (nSPS) is 9.92. The van der Waals surface area contributed by atoms with E-state index >= 15 is 0 Å². The summed E-state index contributed by atoms with van der Waals surface area (Å²) in [4.78, 5) is 9.32. The van der Waals surface area contributed by atoms with Crippen LogP contribution in [0, 0.1) is 13.8 Å². The Labute approximate surface area is 167 Å². The molecule has 25 heavy (non-hydrogen) atoms. The molecule has 0 radical (unpaired) electrons. The van der Waals surface area contributed by atoms with Gasteiger partial charge in [-0.3, -0.25) is 9.55 Å². The third kappa shape index (κ3) is 4.64. The Morgan fingerprint density at radius 1 is 1.00 bits per heavy atom. The number of nitrogens with two attached hydrogens (primary N) is 1. The molecule has 0 unspecified atom stereocenters. The molecule has 0 saturated heterocycles. The molecule has 4 nitrogen and oxygen atoms in total. The zero-order valence-corrected chi connectivity index (χ0v) is 17.1. The van der Waals surface area contributed by atoms with E-state index in [2.05, 4.69) is 46.8 Å². The molecule has 2 heterocycles. The van der Waals surface area contributed by atoms with Gasteiger partial charge in [-0.2, -0.15) is 0 Å². The third-order valence-electron chi connectivity index (χ3n) is 3.96. The Morgan fingerprint density at radius 2 is 1.64 bits per heavy atom. The first-order valence-corrected chi connectivity index (χ1v) is 7.79. The van der Waals surface area contributed by atoms with Gasteiger partial charge in [0.2, 0.25) is 0 Å². The summed E-state index contributed by atoms with van der Waals surface area (Å²) in [5, 5.41) is 0. The highest BCUT2D eigenvalue weighted by Gasteiger charge is 2.14. The Hall–Kier alpha value is -1.33. The van der Waals surface area contributed by atoms with E-state index in [1.807, 2.05) is 13.8 Å². The van der Waals surface area contributed by atoms with Gasteiger partial charge in [-0.25, -0.2) is 4.98 Å². The van der Waals surface area contributed by atoms with Gasteiger partial charge in [0.25, 0.3) is 0 Å². The van der Waals surface area contributed by atoms with Gasteiger partial charge in [0, 0.05) is 17.8 Å². The van der Waals surface area contributed by atoms with Crippen molar-refractivity contribution in [1.29, 1.82) is 0 Å². The highest BCUT2D eigenvalue weighted by atomic mass is 35.5. The Morgan fingerprint density at radius 3 is 2.20 bits per heavy atom. The van der Waals surface area contributed by atoms with E-state index in [-0.39, 0.29) is 37.2 Å². The van der Waals surface area contributed by atoms with E-state index in [1.54, 1.807) is 0 Å². The van der Waals surface area contributed by atoms with Crippen molar-refractivity contribution in [3.8, 4) is 5.69 Å². The number of imidazole rings is 1. The van der Waals surface area contributed by atoms with Crippen LogP contribution >= 0.6 is 37.2 Å². The van der Waals surface area contributed by atoms with Crippen molar-refractivity contribution in [3.05, 3.63) is 53.1 Å². The summed E-state index contributed by atoms with van der Waals surface area (Å²) in [6.07, 6.45) is 1.80. The van der Waals surface area contributed by atoms with Gasteiger partial charge in [-0.05, 0) is 50.6 Å². The van der Waals surface area contributed by atoms with Crippen LogP contribution in [0.2, 0.25) is 0 Å². The van der Waals surface area contributed by atoms with Gasteiger partial charge in [0.15, 0.2) is 0 Å². The van der Waals surface area contributed by atoms with Crippen molar-refractivity contribution in [2.75, 3.05) is 6.54 Å². The Balaban J connectivity index is 0.00000192. The van der Waals surface area contributed by atoms with E-state index in [9.17, 15) is 0 Å². The number of aryl methyl sites for hydroxylation is 3. The molecular weight excluding hydrogens is 379 g/mol. The van der Waals surface area contributed by atoms with Crippen LogP contribution in [-0.4, -0.2) is 21.1 Å². The minimum atomic E-state index is 0. The van der Waals surface area contributed by atoms with Crippen LogP contribution in [0.5, 0.6) is 0 Å². The van der Waals surface area contributed by atoms with E-state index in [1.165, 1.54) is 5.56 Å². The van der Waals surface area contributed by atoms with Crippen LogP contribution in [0.4, 0.5) is 0 Å². The fourth-order valence-electron chi connectivity index (χ4n) is 2.93. The molecule has 2 N–H and O–H groups in total. The second kappa shape index (κ2) is 9.97. The standard InChI is InChI=1S/C18H22N4.3ClH/c1-4-17-21-18-13(3)20-12(2)11-16(18)22(17)15-7-5-14(6-8-15)9-10-19;;;/h5-8,11H,4,9-10,19H2,1-3H3;3*1H. The van der Waals surface area contributed by atoms with Gasteiger partial charge in [0.05, 0.1) is 11.2 Å². The molecule has 1 aromatic carbocycles. The third-order valence-corrected chi connectivity index (χ3v) is 3.96. The molecule has 7 heteroatoms. The van der Waals surface area contributed by atoms with Crippen LogP contribution in [0.1, 0.15) is 29.7 Å². The summed E-state index contributed by atoms with van der Waals surface area (Å²) in [5.74, 6) is 1.07. The second-order valence-electron chi connectivity index (χ2n) is 5.64. The lowest BCUT2D eigenvalue weighted by atomic mass is 10.1. The molecule has 0 aliphatic heterocycles. The van der Waals surface area contributed by atoms with Crippen LogP contribution < -0.4 is 5.73 Å². The van der Waals surface area contributed by atoms with Crippen molar-refractivity contribution in [1.82, 2.24) is 14.5 Å². The predicted octanol–water partition coefficient (Wildman–Crippen LogP) is 4.37. The number of pyridine rings is 1. The van der Waals surface area contributed by atoms with Crippen molar-refractivity contribution in [2.24, 2.45) is 5.73 Å². The molecule has 0 bridgehead atoms. The molecule has 2 aromatic heterocycles. The van der Waals surface area contributed by atoms with Gasteiger partial charge >= 0.3 is 0 Å². The maximum Gasteiger partial charge on any atom is 0.114 e. The fraction of sp³-hybridized carbons (Fsp3) is 0.333. The summed E-state index contributed by atoms with van der Waals surface area (Å²) < 4.78 is 2.24. The summed E-state index contributed by atoms with van der Waals surface area (Å²) in [7, 11) is 0. The van der Waals surface area contributed by atoms with Crippen LogP contribution in [0.25, 0.3) is 16.7 Å². The summed E-state index contributed by atoms with van der Waals surface area (Å²) >= 11 is 0. The smallest absolute Gasteiger partial charge is 0.114 e. The zero-order valence-electron chi connectivity index (χ0n) is 14.7. The summed E-state index contributed by atoms with van der Waals surface area (Å²) in [6, 6.07) is 10.7. The molecule has 3 aromatic rings. The van der Waals surface area contributed by atoms with Crippen molar-refractivity contribution in [3.63, 3.8) is 0 Å². The first-order valence-electron chi connectivity index (χ1n) is 7.79.